The van der Waals surface area contributed by atoms with Crippen LogP contribution >= 0.6 is 0 Å². The molecule has 0 aromatic heterocycles. The number of carbonyl (C=O) groups is 3. The summed E-state index contributed by atoms with van der Waals surface area (Å²) in [6.45, 7) is 9.48. The fourth-order valence-corrected chi connectivity index (χ4v) is 7.51. The SMILES string of the molecule is CC(C)(C)OC(=O)NC(C)(C)C(=O)NC(CC1Cc2ccccc2O1)C(=O)N1CCC2(CC1)CN(S(C)(=O)=O)c1ccccc12. The Labute approximate surface area is 265 Å². The highest BCUT2D eigenvalue weighted by molar-refractivity contribution is 7.92. The summed E-state index contributed by atoms with van der Waals surface area (Å²) in [5, 5.41) is 5.53. The van der Waals surface area contributed by atoms with Gasteiger partial charge in [0.05, 0.1) is 11.9 Å². The van der Waals surface area contributed by atoms with E-state index in [1.165, 1.54) is 10.6 Å². The van der Waals surface area contributed by atoms with E-state index in [0.717, 1.165) is 16.9 Å². The number of piperidine rings is 1. The van der Waals surface area contributed by atoms with Gasteiger partial charge in [0.15, 0.2) is 0 Å². The number of anilines is 1. The van der Waals surface area contributed by atoms with Crippen LogP contribution in [0.15, 0.2) is 48.5 Å². The molecule has 1 spiro atoms. The van der Waals surface area contributed by atoms with Crippen LogP contribution in [0.3, 0.4) is 0 Å². The molecule has 3 aliphatic heterocycles. The lowest BCUT2D eigenvalue weighted by molar-refractivity contribution is -0.139. The fraction of sp³-hybridized carbons (Fsp3) is 0.545. The molecule has 1 saturated heterocycles. The monoisotopic (exact) mass is 640 g/mol. The lowest BCUT2D eigenvalue weighted by Crippen LogP contribution is -2.61. The number of likely N-dealkylation sites (tertiary alicyclic amines) is 1. The summed E-state index contributed by atoms with van der Waals surface area (Å²) < 4.78 is 38.2. The summed E-state index contributed by atoms with van der Waals surface area (Å²) in [5.41, 5.74) is 0.220. The van der Waals surface area contributed by atoms with Crippen LogP contribution < -0.4 is 19.7 Å². The van der Waals surface area contributed by atoms with E-state index in [1.54, 1.807) is 39.5 Å². The van der Waals surface area contributed by atoms with Crippen LogP contribution in [0.25, 0.3) is 0 Å². The molecule has 11 nitrogen and oxygen atoms in total. The fourth-order valence-electron chi connectivity index (χ4n) is 6.51. The van der Waals surface area contributed by atoms with Crippen LogP contribution in [-0.2, 0) is 36.2 Å². The number of sulfonamides is 1. The summed E-state index contributed by atoms with van der Waals surface area (Å²) in [6.07, 6.45) is 2.18. The Morgan fingerprint density at radius 2 is 1.67 bits per heavy atom. The van der Waals surface area contributed by atoms with Crippen molar-refractivity contribution in [2.45, 2.75) is 89.0 Å². The van der Waals surface area contributed by atoms with Crippen molar-refractivity contribution in [1.29, 1.82) is 0 Å². The van der Waals surface area contributed by atoms with Gasteiger partial charge in [-0.1, -0.05) is 36.4 Å². The maximum absolute atomic E-state index is 14.1. The zero-order valence-corrected chi connectivity index (χ0v) is 27.7. The van der Waals surface area contributed by atoms with Gasteiger partial charge >= 0.3 is 6.09 Å². The first-order valence-corrected chi connectivity index (χ1v) is 17.2. The molecule has 45 heavy (non-hydrogen) atoms. The van der Waals surface area contributed by atoms with E-state index in [-0.39, 0.29) is 18.4 Å². The minimum Gasteiger partial charge on any atom is -0.490 e. The Hall–Kier alpha value is -3.80. The van der Waals surface area contributed by atoms with Crippen LogP contribution in [0.2, 0.25) is 0 Å². The normalized spacial score (nSPS) is 19.7. The Kier molecular flexibility index (Phi) is 8.58. The summed E-state index contributed by atoms with van der Waals surface area (Å²) in [6, 6.07) is 14.4. The molecule has 2 aromatic carbocycles. The Morgan fingerprint density at radius 3 is 2.31 bits per heavy atom. The summed E-state index contributed by atoms with van der Waals surface area (Å²) >= 11 is 0. The molecule has 3 aliphatic rings. The number of ether oxygens (including phenoxy) is 2. The van der Waals surface area contributed by atoms with Gasteiger partial charge in [0.1, 0.15) is 29.0 Å². The van der Waals surface area contributed by atoms with E-state index < -0.39 is 44.6 Å². The second kappa shape index (κ2) is 11.9. The average molecular weight is 641 g/mol. The number of nitrogens with zero attached hydrogens (tertiary/aromatic N) is 2. The third-order valence-electron chi connectivity index (χ3n) is 8.82. The number of para-hydroxylation sites is 2. The topological polar surface area (TPSA) is 134 Å². The van der Waals surface area contributed by atoms with E-state index in [4.69, 9.17) is 9.47 Å². The molecule has 12 heteroatoms. The van der Waals surface area contributed by atoms with Crippen molar-refractivity contribution >= 4 is 33.6 Å². The van der Waals surface area contributed by atoms with E-state index in [9.17, 15) is 22.8 Å². The van der Waals surface area contributed by atoms with Crippen molar-refractivity contribution in [2.75, 3.05) is 30.2 Å². The van der Waals surface area contributed by atoms with Crippen LogP contribution in [0.5, 0.6) is 5.75 Å². The largest absolute Gasteiger partial charge is 0.490 e. The van der Waals surface area contributed by atoms with Crippen molar-refractivity contribution in [3.63, 3.8) is 0 Å². The molecule has 1 fully saturated rings. The Balaban J connectivity index is 1.32. The van der Waals surface area contributed by atoms with Crippen molar-refractivity contribution in [3.05, 3.63) is 59.7 Å². The zero-order chi connectivity index (χ0) is 32.8. The number of carbonyl (C=O) groups excluding carboxylic acids is 3. The molecule has 3 amide bonds. The first-order valence-electron chi connectivity index (χ1n) is 15.4. The Bertz CT molecular complexity index is 1550. The van der Waals surface area contributed by atoms with E-state index in [2.05, 4.69) is 10.6 Å². The molecular weight excluding hydrogens is 596 g/mol. The number of amides is 3. The molecule has 2 aromatic rings. The van der Waals surface area contributed by atoms with Gasteiger partial charge in [-0.3, -0.25) is 13.9 Å². The van der Waals surface area contributed by atoms with E-state index in [1.807, 2.05) is 48.5 Å². The lowest BCUT2D eigenvalue weighted by Gasteiger charge is -2.41. The van der Waals surface area contributed by atoms with Crippen LogP contribution in [-0.4, -0.2) is 80.4 Å². The third kappa shape index (κ3) is 7.05. The van der Waals surface area contributed by atoms with Gasteiger partial charge in [-0.25, -0.2) is 13.2 Å². The van der Waals surface area contributed by atoms with Gasteiger partial charge in [0.25, 0.3) is 0 Å². The maximum atomic E-state index is 14.1. The van der Waals surface area contributed by atoms with Crippen LogP contribution in [0.1, 0.15) is 65.0 Å². The highest BCUT2D eigenvalue weighted by Crippen LogP contribution is 2.48. The maximum Gasteiger partial charge on any atom is 0.408 e. The van der Waals surface area contributed by atoms with Gasteiger partial charge in [-0.05, 0) is 70.7 Å². The Morgan fingerprint density at radius 1 is 1.02 bits per heavy atom. The van der Waals surface area contributed by atoms with Gasteiger partial charge < -0.3 is 25.0 Å². The number of benzene rings is 2. The molecule has 2 unspecified atom stereocenters. The molecule has 3 heterocycles. The molecular formula is C33H44N4O7S. The third-order valence-corrected chi connectivity index (χ3v) is 9.95. The number of hydrogen-bond donors (Lipinski definition) is 2. The summed E-state index contributed by atoms with van der Waals surface area (Å²) in [4.78, 5) is 42.0. The van der Waals surface area contributed by atoms with Crippen molar-refractivity contribution in [2.24, 2.45) is 0 Å². The molecule has 0 radical (unpaired) electrons. The second-order valence-corrected chi connectivity index (χ2v) is 15.9. The van der Waals surface area contributed by atoms with Gasteiger partial charge in [-0.15, -0.1) is 0 Å². The zero-order valence-electron chi connectivity index (χ0n) is 26.9. The molecule has 0 aliphatic carbocycles. The number of alkyl carbamates (subject to hydrolysis) is 1. The first-order chi connectivity index (χ1) is 21.0. The molecule has 244 valence electrons. The number of fused-ring (bicyclic) bond motifs is 3. The highest BCUT2D eigenvalue weighted by Gasteiger charge is 2.48. The number of nitrogens with one attached hydrogen (secondary N) is 2. The average Bonchev–Trinajstić information content (AvgIpc) is 3.50. The number of hydrogen-bond acceptors (Lipinski definition) is 7. The molecule has 2 atom stereocenters. The second-order valence-electron chi connectivity index (χ2n) is 14.0. The van der Waals surface area contributed by atoms with E-state index >= 15 is 0 Å². The predicted molar refractivity (Wildman–Crippen MR) is 171 cm³/mol. The molecule has 5 rings (SSSR count). The highest BCUT2D eigenvalue weighted by atomic mass is 32.2. The predicted octanol–water partition coefficient (Wildman–Crippen LogP) is 3.51. The minimum atomic E-state index is -3.46. The standard InChI is InChI=1S/C33H44N4O7S/c1-31(2,3)44-30(40)35-32(4,5)29(39)34-25(20-23-19-22-11-7-10-14-27(22)43-23)28(38)36-17-15-33(16-18-36)21-37(45(6,41)42)26-13-9-8-12-24(26)33/h7-14,23,25H,15-21H2,1-6H3,(H,34,39)(H,35,40). The molecule has 0 saturated carbocycles. The van der Waals surface area contributed by atoms with Crippen LogP contribution in [0.4, 0.5) is 10.5 Å². The molecule has 0 bridgehead atoms. The van der Waals surface area contributed by atoms with Crippen molar-refractivity contribution in [1.82, 2.24) is 15.5 Å². The minimum absolute atomic E-state index is 0.239. The lowest BCUT2D eigenvalue weighted by atomic mass is 9.74. The van der Waals surface area contributed by atoms with Crippen molar-refractivity contribution < 1.29 is 32.3 Å². The van der Waals surface area contributed by atoms with Gasteiger partial charge in [0.2, 0.25) is 21.8 Å². The summed E-state index contributed by atoms with van der Waals surface area (Å²) in [5.74, 6) is 0.00322. The molecule has 2 N–H and O–H groups in total. The van der Waals surface area contributed by atoms with Crippen molar-refractivity contribution in [3.8, 4) is 5.75 Å². The quantitative estimate of drug-likeness (QED) is 0.473. The van der Waals surface area contributed by atoms with Crippen LogP contribution in [0, 0.1) is 0 Å². The summed E-state index contributed by atoms with van der Waals surface area (Å²) in [7, 11) is -3.46. The van der Waals surface area contributed by atoms with Gasteiger partial charge in [-0.2, -0.15) is 0 Å². The van der Waals surface area contributed by atoms with E-state index in [0.29, 0.717) is 44.6 Å². The van der Waals surface area contributed by atoms with Gasteiger partial charge in [0, 0.05) is 37.9 Å². The number of rotatable bonds is 7. The first kappa shape index (κ1) is 32.6. The smallest absolute Gasteiger partial charge is 0.408 e.